The number of amides is 1. The third-order valence-corrected chi connectivity index (χ3v) is 5.52. The molecule has 4 rings (SSSR count). The maximum absolute atomic E-state index is 12.6. The van der Waals surface area contributed by atoms with E-state index in [0.29, 0.717) is 17.9 Å². The number of rotatable bonds is 6. The first-order chi connectivity index (χ1) is 13.6. The molecule has 1 aliphatic heterocycles. The maximum Gasteiger partial charge on any atom is 0.251 e. The van der Waals surface area contributed by atoms with Gasteiger partial charge in [0.2, 0.25) is 12.2 Å². The quantitative estimate of drug-likeness (QED) is 0.713. The van der Waals surface area contributed by atoms with Gasteiger partial charge in [0.1, 0.15) is 0 Å². The fourth-order valence-electron chi connectivity index (χ4n) is 3.79. The number of aromatic nitrogens is 2. The topological polar surface area (TPSA) is 71.3 Å². The number of hydrogen-bond acceptors (Lipinski definition) is 5. The Morgan fingerprint density at radius 2 is 1.96 bits per heavy atom. The van der Waals surface area contributed by atoms with Crippen molar-refractivity contribution in [3.05, 3.63) is 72.1 Å². The summed E-state index contributed by atoms with van der Waals surface area (Å²) in [6.07, 6.45) is 3.52. The molecule has 0 bridgehead atoms. The summed E-state index contributed by atoms with van der Waals surface area (Å²) in [5.74, 6) is 0.453. The van der Waals surface area contributed by atoms with Gasteiger partial charge in [0, 0.05) is 29.8 Å². The van der Waals surface area contributed by atoms with Gasteiger partial charge in [-0.15, -0.1) is 0 Å². The lowest BCUT2D eigenvalue weighted by Gasteiger charge is -2.35. The van der Waals surface area contributed by atoms with Crippen LogP contribution in [0.5, 0.6) is 0 Å². The second kappa shape index (κ2) is 7.94. The van der Waals surface area contributed by atoms with Crippen LogP contribution in [0.15, 0.2) is 65.5 Å². The van der Waals surface area contributed by atoms with E-state index in [2.05, 4.69) is 51.5 Å². The summed E-state index contributed by atoms with van der Waals surface area (Å²) in [6.45, 7) is 4.83. The van der Waals surface area contributed by atoms with Crippen molar-refractivity contribution in [2.45, 2.75) is 31.8 Å². The minimum atomic E-state index is -0.0625. The Morgan fingerprint density at radius 3 is 2.68 bits per heavy atom. The van der Waals surface area contributed by atoms with E-state index in [9.17, 15) is 4.79 Å². The maximum atomic E-state index is 12.6. The lowest BCUT2D eigenvalue weighted by Crippen LogP contribution is -2.49. The molecule has 2 aromatic carbocycles. The Kier molecular flexibility index (Phi) is 5.21. The Balaban J connectivity index is 1.38. The van der Waals surface area contributed by atoms with Crippen molar-refractivity contribution in [1.29, 1.82) is 0 Å². The summed E-state index contributed by atoms with van der Waals surface area (Å²) < 4.78 is 4.76. The molecule has 1 N–H and O–H groups in total. The number of carbonyl (C=O) groups is 1. The number of likely N-dealkylation sites (tertiary alicyclic amines) is 1. The van der Waals surface area contributed by atoms with Crippen LogP contribution in [0.1, 0.15) is 35.7 Å². The highest BCUT2D eigenvalue weighted by molar-refractivity contribution is 5.94. The number of nitrogens with zero attached hydrogens (tertiary/aromatic N) is 3. The number of carbonyl (C=O) groups excluding carboxylic acids is 1. The molecular formula is C22H24N4O2. The minimum Gasteiger partial charge on any atom is -0.350 e. The van der Waals surface area contributed by atoms with Gasteiger partial charge in [-0.3, -0.25) is 9.69 Å². The average Bonchev–Trinajstić information content (AvgIpc) is 3.38. The summed E-state index contributed by atoms with van der Waals surface area (Å²) in [7, 11) is 0. The zero-order chi connectivity index (χ0) is 19.4. The molecule has 1 aliphatic rings. The van der Waals surface area contributed by atoms with Crippen LogP contribution < -0.4 is 5.32 Å². The van der Waals surface area contributed by atoms with Crippen LogP contribution in [0.4, 0.5) is 0 Å². The molecule has 1 aromatic heterocycles. The highest BCUT2D eigenvalue weighted by Crippen LogP contribution is 2.30. The molecule has 1 amide bonds. The molecule has 1 unspecified atom stereocenters. The standard InChI is InChI=1S/C22H24N4O2/c1-22(12-5-13-26(22)14-17-6-3-2-4-7-17)15-23-21(27)19-10-8-18(9-11-19)20-24-16-28-25-20/h2-4,6-11,16H,5,12-15H2,1H3,(H,23,27). The molecule has 144 valence electrons. The van der Waals surface area contributed by atoms with Crippen molar-refractivity contribution in [2.24, 2.45) is 0 Å². The lowest BCUT2D eigenvalue weighted by molar-refractivity contribution is 0.0897. The SMILES string of the molecule is CC1(CNC(=O)c2ccc(-c3ncon3)cc2)CCCN1Cc1ccccc1. The van der Waals surface area contributed by atoms with Gasteiger partial charge < -0.3 is 9.84 Å². The van der Waals surface area contributed by atoms with Crippen LogP contribution in [0.3, 0.4) is 0 Å². The summed E-state index contributed by atoms with van der Waals surface area (Å²) in [5, 5.41) is 6.93. The highest BCUT2D eigenvalue weighted by Gasteiger charge is 2.36. The van der Waals surface area contributed by atoms with Gasteiger partial charge in [0.25, 0.3) is 5.91 Å². The van der Waals surface area contributed by atoms with Crippen LogP contribution in [-0.2, 0) is 6.54 Å². The van der Waals surface area contributed by atoms with Crippen LogP contribution in [-0.4, -0.2) is 39.6 Å². The first-order valence-corrected chi connectivity index (χ1v) is 9.58. The van der Waals surface area contributed by atoms with Crippen molar-refractivity contribution < 1.29 is 9.32 Å². The number of nitrogens with one attached hydrogen (secondary N) is 1. The third kappa shape index (κ3) is 3.97. The largest absolute Gasteiger partial charge is 0.350 e. The fourth-order valence-corrected chi connectivity index (χ4v) is 3.79. The molecule has 0 saturated carbocycles. The van der Waals surface area contributed by atoms with E-state index in [1.165, 1.54) is 12.0 Å². The molecule has 0 aliphatic carbocycles. The van der Waals surface area contributed by atoms with Gasteiger partial charge in [-0.05, 0) is 44.0 Å². The molecule has 6 heteroatoms. The first kappa shape index (κ1) is 18.4. The van der Waals surface area contributed by atoms with Crippen molar-refractivity contribution in [2.75, 3.05) is 13.1 Å². The van der Waals surface area contributed by atoms with E-state index in [-0.39, 0.29) is 11.4 Å². The molecule has 1 atom stereocenters. The zero-order valence-corrected chi connectivity index (χ0v) is 16.0. The Morgan fingerprint density at radius 1 is 1.18 bits per heavy atom. The van der Waals surface area contributed by atoms with Gasteiger partial charge in [0.05, 0.1) is 0 Å². The number of benzene rings is 2. The lowest BCUT2D eigenvalue weighted by atomic mass is 9.98. The molecule has 28 heavy (non-hydrogen) atoms. The molecule has 1 saturated heterocycles. The smallest absolute Gasteiger partial charge is 0.251 e. The first-order valence-electron chi connectivity index (χ1n) is 9.58. The van der Waals surface area contributed by atoms with Gasteiger partial charge >= 0.3 is 0 Å². The predicted octanol–water partition coefficient (Wildman–Crippen LogP) is 3.52. The van der Waals surface area contributed by atoms with Gasteiger partial charge in [-0.1, -0.05) is 47.6 Å². The molecule has 6 nitrogen and oxygen atoms in total. The summed E-state index contributed by atoms with van der Waals surface area (Å²) in [4.78, 5) is 19.1. The van der Waals surface area contributed by atoms with E-state index in [4.69, 9.17) is 4.52 Å². The van der Waals surface area contributed by atoms with Gasteiger partial charge in [-0.2, -0.15) is 4.98 Å². The minimum absolute atomic E-state index is 0.0317. The van der Waals surface area contributed by atoms with Crippen molar-refractivity contribution in [3.63, 3.8) is 0 Å². The van der Waals surface area contributed by atoms with Crippen LogP contribution in [0.2, 0.25) is 0 Å². The van der Waals surface area contributed by atoms with Crippen molar-refractivity contribution >= 4 is 5.91 Å². The van der Waals surface area contributed by atoms with Crippen molar-refractivity contribution in [3.8, 4) is 11.4 Å². The van der Waals surface area contributed by atoms with Crippen LogP contribution in [0, 0.1) is 0 Å². The monoisotopic (exact) mass is 376 g/mol. The van der Waals surface area contributed by atoms with Gasteiger partial charge in [-0.25, -0.2) is 0 Å². The zero-order valence-electron chi connectivity index (χ0n) is 16.0. The van der Waals surface area contributed by atoms with E-state index >= 15 is 0 Å². The summed E-state index contributed by atoms with van der Waals surface area (Å²) >= 11 is 0. The number of hydrogen-bond donors (Lipinski definition) is 1. The predicted molar refractivity (Wildman–Crippen MR) is 107 cm³/mol. The molecule has 0 radical (unpaired) electrons. The van der Waals surface area contributed by atoms with E-state index in [0.717, 1.165) is 31.5 Å². The third-order valence-electron chi connectivity index (χ3n) is 5.52. The Hall–Kier alpha value is -2.99. The van der Waals surface area contributed by atoms with E-state index in [1.807, 2.05) is 18.2 Å². The molecular weight excluding hydrogens is 352 g/mol. The van der Waals surface area contributed by atoms with Crippen LogP contribution >= 0.6 is 0 Å². The Bertz CT molecular complexity index is 909. The second-order valence-electron chi connectivity index (χ2n) is 7.52. The van der Waals surface area contributed by atoms with E-state index in [1.54, 1.807) is 12.1 Å². The van der Waals surface area contributed by atoms with Crippen molar-refractivity contribution in [1.82, 2.24) is 20.4 Å². The summed E-state index contributed by atoms with van der Waals surface area (Å²) in [6, 6.07) is 17.7. The molecule has 3 aromatic rings. The van der Waals surface area contributed by atoms with E-state index < -0.39 is 0 Å². The van der Waals surface area contributed by atoms with Crippen LogP contribution in [0.25, 0.3) is 11.4 Å². The molecule has 0 spiro atoms. The fraction of sp³-hybridized carbons (Fsp3) is 0.318. The Labute approximate surface area is 164 Å². The highest BCUT2D eigenvalue weighted by atomic mass is 16.5. The molecule has 1 fully saturated rings. The second-order valence-corrected chi connectivity index (χ2v) is 7.52. The average molecular weight is 376 g/mol. The normalized spacial score (nSPS) is 19.6. The summed E-state index contributed by atoms with van der Waals surface area (Å²) in [5.41, 5.74) is 2.72. The van der Waals surface area contributed by atoms with Gasteiger partial charge in [0.15, 0.2) is 0 Å². The molecule has 2 heterocycles.